The average molecular weight is 647 g/mol. The lowest BCUT2D eigenvalue weighted by Crippen LogP contribution is -2.53. The molecule has 7 rings (SSSR count). The van der Waals surface area contributed by atoms with Crippen LogP contribution in [0, 0.1) is 5.82 Å². The summed E-state index contributed by atoms with van der Waals surface area (Å²) in [7, 11) is 1.27. The minimum atomic E-state index is -4.51. The smallest absolute Gasteiger partial charge is 0.390 e. The predicted octanol–water partition coefficient (Wildman–Crippen LogP) is 7.02. The average Bonchev–Trinajstić information content (AvgIpc) is 3.59. The molecule has 1 spiro atoms. The maximum absolute atomic E-state index is 16.1. The highest BCUT2D eigenvalue weighted by Gasteiger charge is 2.68. The highest BCUT2D eigenvalue weighted by atomic mass is 35.5. The van der Waals surface area contributed by atoms with Crippen LogP contribution in [-0.4, -0.2) is 52.2 Å². The Labute approximate surface area is 258 Å². The third-order valence-electron chi connectivity index (χ3n) is 9.16. The molecule has 1 amide bonds. The van der Waals surface area contributed by atoms with Gasteiger partial charge in [0.15, 0.2) is 0 Å². The summed E-state index contributed by atoms with van der Waals surface area (Å²) in [6, 6.07) is 13.5. The number of nitrogens with one attached hydrogen (secondary N) is 1. The monoisotopic (exact) mass is 646 g/mol. The minimum absolute atomic E-state index is 0.0933. The lowest BCUT2D eigenvalue weighted by molar-refractivity contribution is -0.146. The van der Waals surface area contributed by atoms with Crippen LogP contribution in [0.5, 0.6) is 0 Å². The van der Waals surface area contributed by atoms with Crippen LogP contribution in [0.3, 0.4) is 0 Å². The van der Waals surface area contributed by atoms with E-state index in [2.05, 4.69) is 5.32 Å². The number of methoxy groups -OCH3 is 1. The molecule has 44 heavy (non-hydrogen) atoms. The number of ether oxygens (including phenoxy) is 1. The van der Waals surface area contributed by atoms with Crippen LogP contribution >= 0.6 is 23.2 Å². The molecule has 3 aliphatic heterocycles. The second kappa shape index (κ2) is 10.2. The van der Waals surface area contributed by atoms with E-state index in [4.69, 9.17) is 32.9 Å². The summed E-state index contributed by atoms with van der Waals surface area (Å²) >= 11 is 12.5. The highest BCUT2D eigenvalue weighted by molar-refractivity contribution is 6.31. The Balaban J connectivity index is 1.52. The van der Waals surface area contributed by atoms with Crippen molar-refractivity contribution in [1.29, 1.82) is 0 Å². The van der Waals surface area contributed by atoms with Crippen LogP contribution in [0.1, 0.15) is 52.0 Å². The molecule has 1 N–H and O–H groups in total. The number of aromatic nitrogens is 2. The molecule has 3 aromatic carbocycles. The second-order valence-electron chi connectivity index (χ2n) is 11.3. The normalized spacial score (nSPS) is 24.3. The molecule has 13 heteroatoms. The Morgan fingerprint density at radius 2 is 1.95 bits per heavy atom. The van der Waals surface area contributed by atoms with Gasteiger partial charge in [0, 0.05) is 47.2 Å². The number of carbonyl (C=O) groups is 2. The van der Waals surface area contributed by atoms with Gasteiger partial charge in [-0.3, -0.25) is 9.69 Å². The molecule has 0 unspecified atom stereocenters. The molecule has 4 atom stereocenters. The molecule has 1 fully saturated rings. The van der Waals surface area contributed by atoms with Gasteiger partial charge in [-0.15, -0.1) is 0 Å². The molecule has 0 radical (unpaired) electrons. The van der Waals surface area contributed by atoms with E-state index in [-0.39, 0.29) is 16.1 Å². The third kappa shape index (κ3) is 4.16. The highest BCUT2D eigenvalue weighted by Crippen LogP contribution is 2.64. The van der Waals surface area contributed by atoms with Gasteiger partial charge in [-0.25, -0.2) is 14.2 Å². The summed E-state index contributed by atoms with van der Waals surface area (Å²) in [5.41, 5.74) is 0.555. The Morgan fingerprint density at radius 1 is 1.16 bits per heavy atom. The summed E-state index contributed by atoms with van der Waals surface area (Å²) in [5, 5.41) is 2.99. The van der Waals surface area contributed by atoms with E-state index >= 15 is 4.39 Å². The van der Waals surface area contributed by atoms with Gasteiger partial charge in [-0.05, 0) is 48.4 Å². The number of hydrogen-bond donors (Lipinski definition) is 1. The number of anilines is 1. The molecule has 7 nitrogen and oxygen atoms in total. The van der Waals surface area contributed by atoms with Gasteiger partial charge < -0.3 is 14.6 Å². The van der Waals surface area contributed by atoms with Gasteiger partial charge in [-0.1, -0.05) is 41.4 Å². The zero-order valence-electron chi connectivity index (χ0n) is 23.1. The van der Waals surface area contributed by atoms with Gasteiger partial charge in [0.2, 0.25) is 5.91 Å². The van der Waals surface area contributed by atoms with Crippen molar-refractivity contribution in [3.8, 4) is 0 Å². The van der Waals surface area contributed by atoms with Gasteiger partial charge in [0.25, 0.3) is 0 Å². The van der Waals surface area contributed by atoms with Crippen molar-refractivity contribution in [1.82, 2.24) is 14.5 Å². The van der Waals surface area contributed by atoms with Crippen LogP contribution in [0.15, 0.2) is 54.6 Å². The number of amides is 1. The Bertz CT molecular complexity index is 1860. The first-order valence-corrected chi connectivity index (χ1v) is 14.7. The number of alkyl halides is 3. The molecular formula is C31H24Cl2F4N4O3. The van der Waals surface area contributed by atoms with E-state index in [0.29, 0.717) is 46.1 Å². The van der Waals surface area contributed by atoms with Crippen LogP contribution in [-0.2, 0) is 21.6 Å². The molecule has 0 bridgehead atoms. The molecule has 4 aromatic rings. The van der Waals surface area contributed by atoms with Gasteiger partial charge in [-0.2, -0.15) is 13.2 Å². The van der Waals surface area contributed by atoms with Crippen molar-refractivity contribution >= 4 is 51.8 Å². The van der Waals surface area contributed by atoms with E-state index in [1.54, 1.807) is 47.4 Å². The third-order valence-corrected chi connectivity index (χ3v) is 9.69. The quantitative estimate of drug-likeness (QED) is 0.190. The zero-order valence-corrected chi connectivity index (χ0v) is 24.6. The number of hydrogen-bond acceptors (Lipinski definition) is 5. The Morgan fingerprint density at radius 3 is 2.70 bits per heavy atom. The number of fused-ring (bicyclic) bond motifs is 7. The fourth-order valence-electron chi connectivity index (χ4n) is 7.57. The number of aryl methyl sites for hydroxylation is 1. The van der Waals surface area contributed by atoms with Crippen molar-refractivity contribution in [2.75, 3.05) is 19.0 Å². The van der Waals surface area contributed by atoms with Crippen molar-refractivity contribution in [3.05, 3.63) is 93.0 Å². The van der Waals surface area contributed by atoms with E-state index in [9.17, 15) is 22.8 Å². The molecule has 0 saturated carbocycles. The van der Waals surface area contributed by atoms with Gasteiger partial charge in [0.05, 0.1) is 35.2 Å². The first-order chi connectivity index (χ1) is 21.0. The summed E-state index contributed by atoms with van der Waals surface area (Å²) in [6.07, 6.45) is -5.34. The SMILES string of the molecule is COC(=O)c1ccc2c(c1)nc1n2CC[C@H]2[C@@H]1[C@H](c1cccc(Cl)c1F)[C@]1(C(=O)Nc3cc(Cl)ccc31)N2CCC(F)(F)F. The standard InChI is InChI=1S/C31H24Cl2F4N4O3/c1-44-28(42)15-5-8-22-21(13-15)38-27-24-23(9-11-40(22)27)41(12-10-30(35,36)37)31(25(24)17-3-2-4-19(33)26(17)34)18-7-6-16(32)14-20(18)39-29(31)43/h2-8,13-14,23-25H,9-12H2,1H3,(H,39,43)/t23-,24+,25-,31+/m0/s1. The fourth-order valence-corrected chi connectivity index (χ4v) is 7.93. The number of esters is 1. The van der Waals surface area contributed by atoms with Crippen LogP contribution in [0.2, 0.25) is 10.0 Å². The number of rotatable bonds is 4. The van der Waals surface area contributed by atoms with Gasteiger partial charge in [0.1, 0.15) is 17.2 Å². The summed E-state index contributed by atoms with van der Waals surface area (Å²) in [5.74, 6) is -3.17. The molecule has 4 heterocycles. The van der Waals surface area contributed by atoms with Crippen LogP contribution in [0.4, 0.5) is 23.2 Å². The van der Waals surface area contributed by atoms with Crippen molar-refractivity contribution in [2.45, 2.75) is 49.0 Å². The number of imidazole rings is 1. The molecule has 1 saturated heterocycles. The number of benzene rings is 3. The topological polar surface area (TPSA) is 76.5 Å². The number of carbonyl (C=O) groups excluding carboxylic acids is 2. The molecule has 1 aromatic heterocycles. The first-order valence-electron chi connectivity index (χ1n) is 13.9. The van der Waals surface area contributed by atoms with E-state index in [0.717, 1.165) is 0 Å². The van der Waals surface area contributed by atoms with Crippen LogP contribution in [0.25, 0.3) is 11.0 Å². The van der Waals surface area contributed by atoms with E-state index < -0.39 is 60.3 Å². The van der Waals surface area contributed by atoms with Crippen molar-refractivity contribution in [2.24, 2.45) is 0 Å². The number of nitrogens with zero attached hydrogens (tertiary/aromatic N) is 3. The number of halogens is 6. The summed E-state index contributed by atoms with van der Waals surface area (Å²) in [6.45, 7) is -0.130. The molecule has 228 valence electrons. The Hall–Kier alpha value is -3.67. The molecular weight excluding hydrogens is 623 g/mol. The maximum Gasteiger partial charge on any atom is 0.390 e. The maximum atomic E-state index is 16.1. The largest absolute Gasteiger partial charge is 0.465 e. The lowest BCUT2D eigenvalue weighted by atomic mass is 9.70. The number of likely N-dealkylation sites (tertiary alicyclic amines) is 1. The van der Waals surface area contributed by atoms with Crippen molar-refractivity contribution in [3.63, 3.8) is 0 Å². The molecule has 3 aliphatic rings. The minimum Gasteiger partial charge on any atom is -0.465 e. The lowest BCUT2D eigenvalue weighted by Gasteiger charge is -2.40. The van der Waals surface area contributed by atoms with Crippen LogP contribution < -0.4 is 5.32 Å². The summed E-state index contributed by atoms with van der Waals surface area (Å²) in [4.78, 5) is 33.1. The fraction of sp³-hybridized carbons (Fsp3) is 0.323. The van der Waals surface area contributed by atoms with Crippen molar-refractivity contribution < 1.29 is 31.9 Å². The summed E-state index contributed by atoms with van der Waals surface area (Å²) < 4.78 is 64.4. The second-order valence-corrected chi connectivity index (χ2v) is 12.1. The predicted molar refractivity (Wildman–Crippen MR) is 156 cm³/mol. The zero-order chi connectivity index (χ0) is 31.1. The van der Waals surface area contributed by atoms with E-state index in [1.807, 2.05) is 4.57 Å². The molecule has 0 aliphatic carbocycles. The van der Waals surface area contributed by atoms with E-state index in [1.165, 1.54) is 19.2 Å². The first kappa shape index (κ1) is 29.1. The van der Waals surface area contributed by atoms with Gasteiger partial charge >= 0.3 is 12.1 Å². The Kier molecular flexibility index (Phi) is 6.73.